The lowest BCUT2D eigenvalue weighted by Crippen LogP contribution is -2.28. The molecule has 0 radical (unpaired) electrons. The van der Waals surface area contributed by atoms with Gasteiger partial charge in [0.15, 0.2) is 29.2 Å². The lowest BCUT2D eigenvalue weighted by molar-refractivity contribution is -0.642. The molecular weight excluding hydrogens is 454 g/mol. The first kappa shape index (κ1) is 22.0. The zero-order valence-electron chi connectivity index (χ0n) is 20.8. The smallest absolute Gasteiger partial charge is 0.220 e. The van der Waals surface area contributed by atoms with Gasteiger partial charge in [-0.05, 0) is 52.9 Å². The largest absolute Gasteiger partial charge is 0.493 e. The Morgan fingerprint density at radius 3 is 2.28 bits per heavy atom. The first-order chi connectivity index (χ1) is 17.6. The highest BCUT2D eigenvalue weighted by molar-refractivity contribution is 6.20. The van der Waals surface area contributed by atoms with Gasteiger partial charge in [0.25, 0.3) is 0 Å². The summed E-state index contributed by atoms with van der Waals surface area (Å²) in [5.74, 6) is 2.77. The van der Waals surface area contributed by atoms with E-state index in [2.05, 4.69) is 51.1 Å². The van der Waals surface area contributed by atoms with Gasteiger partial charge in [-0.1, -0.05) is 12.1 Å². The number of aromatic nitrogens is 3. The molecule has 180 valence electrons. The molecule has 0 aliphatic heterocycles. The van der Waals surface area contributed by atoms with Crippen molar-refractivity contribution >= 4 is 43.5 Å². The van der Waals surface area contributed by atoms with Crippen molar-refractivity contribution in [3.8, 4) is 34.1 Å². The number of nitrogens with one attached hydrogen (secondary N) is 1. The topological polar surface area (TPSA) is 69.5 Å². The van der Waals surface area contributed by atoms with Crippen LogP contribution in [0, 0.1) is 0 Å². The van der Waals surface area contributed by atoms with Crippen molar-refractivity contribution in [1.82, 2.24) is 9.97 Å². The fourth-order valence-corrected chi connectivity index (χ4v) is 5.24. The molecule has 36 heavy (non-hydrogen) atoms. The van der Waals surface area contributed by atoms with Crippen LogP contribution in [0.15, 0.2) is 61.1 Å². The normalized spacial score (nSPS) is 11.5. The molecule has 0 atom stereocenters. The van der Waals surface area contributed by atoms with Crippen molar-refractivity contribution in [1.29, 1.82) is 0 Å². The third kappa shape index (κ3) is 3.12. The number of rotatable bonds is 5. The molecule has 0 saturated heterocycles. The molecule has 6 rings (SSSR count). The predicted molar refractivity (Wildman–Crippen MR) is 141 cm³/mol. The van der Waals surface area contributed by atoms with Crippen LogP contribution in [0.25, 0.3) is 54.6 Å². The molecule has 0 unspecified atom stereocenters. The number of methoxy groups -OCH3 is 4. The van der Waals surface area contributed by atoms with Crippen molar-refractivity contribution in [2.45, 2.75) is 0 Å². The van der Waals surface area contributed by atoms with Crippen LogP contribution in [0.1, 0.15) is 0 Å². The van der Waals surface area contributed by atoms with Gasteiger partial charge in [-0.2, -0.15) is 4.57 Å². The number of pyridine rings is 1. The van der Waals surface area contributed by atoms with Crippen LogP contribution in [-0.4, -0.2) is 38.4 Å². The van der Waals surface area contributed by atoms with Gasteiger partial charge >= 0.3 is 0 Å². The summed E-state index contributed by atoms with van der Waals surface area (Å²) in [5, 5.41) is 5.27. The third-order valence-electron chi connectivity index (χ3n) is 6.88. The van der Waals surface area contributed by atoms with E-state index in [0.717, 1.165) is 54.6 Å². The molecule has 4 aromatic carbocycles. The SMILES string of the molecule is COc1cc2ccc3c4c(-c5ccc6nc[nH]c6c5)cc(OC)c(OC)c4c[n+](C)c3c2cc1OC. The summed E-state index contributed by atoms with van der Waals surface area (Å²) in [6.07, 6.45) is 3.82. The van der Waals surface area contributed by atoms with Gasteiger partial charge in [-0.25, -0.2) is 4.98 Å². The maximum atomic E-state index is 5.87. The van der Waals surface area contributed by atoms with Crippen LogP contribution in [0.2, 0.25) is 0 Å². The van der Waals surface area contributed by atoms with Crippen LogP contribution in [0.4, 0.5) is 0 Å². The van der Waals surface area contributed by atoms with Crippen LogP contribution in [0.5, 0.6) is 23.0 Å². The Balaban J connectivity index is 1.80. The summed E-state index contributed by atoms with van der Waals surface area (Å²) >= 11 is 0. The van der Waals surface area contributed by atoms with Crippen LogP contribution in [0.3, 0.4) is 0 Å². The number of benzene rings is 4. The van der Waals surface area contributed by atoms with Gasteiger partial charge in [0, 0.05) is 5.39 Å². The van der Waals surface area contributed by atoms with Crippen molar-refractivity contribution in [2.75, 3.05) is 28.4 Å². The average molecular weight is 481 g/mol. The predicted octanol–water partition coefficient (Wildman–Crippen LogP) is 5.55. The molecular formula is C29H26N3O4+. The number of aryl methyl sites for hydroxylation is 1. The van der Waals surface area contributed by atoms with E-state index in [0.29, 0.717) is 23.0 Å². The molecule has 7 nitrogen and oxygen atoms in total. The maximum absolute atomic E-state index is 5.87. The lowest BCUT2D eigenvalue weighted by Gasteiger charge is -2.17. The Morgan fingerprint density at radius 1 is 0.750 bits per heavy atom. The highest BCUT2D eigenvalue weighted by atomic mass is 16.5. The summed E-state index contributed by atoms with van der Waals surface area (Å²) in [6.45, 7) is 0. The quantitative estimate of drug-likeness (QED) is 0.259. The number of fused-ring (bicyclic) bond motifs is 6. The van der Waals surface area contributed by atoms with Crippen LogP contribution >= 0.6 is 0 Å². The average Bonchev–Trinajstić information content (AvgIpc) is 3.38. The van der Waals surface area contributed by atoms with Gasteiger partial charge in [-0.3, -0.25) is 0 Å². The van der Waals surface area contributed by atoms with E-state index in [1.165, 1.54) is 0 Å². The van der Waals surface area contributed by atoms with Crippen molar-refractivity contribution in [3.05, 3.63) is 61.1 Å². The molecule has 7 heteroatoms. The molecule has 2 heterocycles. The van der Waals surface area contributed by atoms with E-state index < -0.39 is 0 Å². The standard InChI is InChI=1S/C29H26N3O4/c1-32-14-21-27(18-8-6-17-11-24(33-2)25(34-3)13-20(17)28(18)32)19(12-26(35-4)29(21)36-5)16-7-9-22-23(10-16)31-15-30-22/h6-15H,1-5H3,(H,30,31)/q+1. The Hall–Kier alpha value is -4.52. The minimum Gasteiger partial charge on any atom is -0.493 e. The third-order valence-corrected chi connectivity index (χ3v) is 6.88. The Labute approximate surface area is 207 Å². The second-order valence-corrected chi connectivity index (χ2v) is 8.71. The minimum absolute atomic E-state index is 0.677. The highest BCUT2D eigenvalue weighted by Gasteiger charge is 2.24. The summed E-state index contributed by atoms with van der Waals surface area (Å²) in [7, 11) is 8.70. The minimum atomic E-state index is 0.677. The number of nitrogens with zero attached hydrogens (tertiary/aromatic N) is 2. The molecule has 0 spiro atoms. The van der Waals surface area contributed by atoms with E-state index in [4.69, 9.17) is 18.9 Å². The van der Waals surface area contributed by atoms with E-state index in [-0.39, 0.29) is 0 Å². The highest BCUT2D eigenvalue weighted by Crippen LogP contribution is 2.45. The molecule has 2 aromatic heterocycles. The number of imidazole rings is 1. The molecule has 0 fully saturated rings. The van der Waals surface area contributed by atoms with Crippen LogP contribution < -0.4 is 23.5 Å². The number of H-pyrrole nitrogens is 1. The van der Waals surface area contributed by atoms with Crippen molar-refractivity contribution < 1.29 is 23.5 Å². The monoisotopic (exact) mass is 480 g/mol. The van der Waals surface area contributed by atoms with E-state index >= 15 is 0 Å². The fraction of sp³-hybridized carbons (Fsp3) is 0.172. The molecule has 0 aliphatic carbocycles. The Morgan fingerprint density at radius 2 is 1.53 bits per heavy atom. The summed E-state index contributed by atoms with van der Waals surface area (Å²) < 4.78 is 25.0. The Bertz CT molecular complexity index is 1810. The van der Waals surface area contributed by atoms with Gasteiger partial charge < -0.3 is 23.9 Å². The maximum Gasteiger partial charge on any atom is 0.220 e. The number of hydrogen-bond donors (Lipinski definition) is 1. The summed E-state index contributed by atoms with van der Waals surface area (Å²) in [6, 6.07) is 16.6. The number of aromatic amines is 1. The lowest BCUT2D eigenvalue weighted by atomic mass is 9.93. The van der Waals surface area contributed by atoms with Gasteiger partial charge in [0.05, 0.1) is 62.0 Å². The summed E-state index contributed by atoms with van der Waals surface area (Å²) in [5.41, 5.74) is 5.08. The molecule has 0 amide bonds. The number of ether oxygens (including phenoxy) is 4. The van der Waals surface area contributed by atoms with Crippen LogP contribution in [-0.2, 0) is 7.05 Å². The molecule has 1 N–H and O–H groups in total. The van der Waals surface area contributed by atoms with Gasteiger partial charge in [-0.15, -0.1) is 0 Å². The second kappa shape index (κ2) is 8.30. The molecule has 6 aromatic rings. The first-order valence-electron chi connectivity index (χ1n) is 11.6. The molecule has 0 bridgehead atoms. The first-order valence-corrected chi connectivity index (χ1v) is 11.6. The van der Waals surface area contributed by atoms with E-state index in [1.54, 1.807) is 34.8 Å². The van der Waals surface area contributed by atoms with Crippen molar-refractivity contribution in [2.24, 2.45) is 7.05 Å². The van der Waals surface area contributed by atoms with Crippen molar-refractivity contribution in [3.63, 3.8) is 0 Å². The molecule has 0 aliphatic rings. The fourth-order valence-electron chi connectivity index (χ4n) is 5.24. The zero-order chi connectivity index (χ0) is 25.0. The zero-order valence-corrected chi connectivity index (χ0v) is 20.8. The van der Waals surface area contributed by atoms with E-state index in [9.17, 15) is 0 Å². The van der Waals surface area contributed by atoms with E-state index in [1.807, 2.05) is 25.2 Å². The second-order valence-electron chi connectivity index (χ2n) is 8.71. The molecule has 0 saturated carbocycles. The summed E-state index contributed by atoms with van der Waals surface area (Å²) in [4.78, 5) is 7.60. The van der Waals surface area contributed by atoms with Gasteiger partial charge in [0.1, 0.15) is 7.05 Å². The number of hydrogen-bond acceptors (Lipinski definition) is 5. The van der Waals surface area contributed by atoms with Gasteiger partial charge in [0.2, 0.25) is 5.52 Å². The Kier molecular flexibility index (Phi) is 5.07.